The summed E-state index contributed by atoms with van der Waals surface area (Å²) in [6, 6.07) is 0. The van der Waals surface area contributed by atoms with Crippen LogP contribution in [0.1, 0.15) is 138 Å². The Morgan fingerprint density at radius 2 is 0.550 bits per heavy atom. The predicted octanol–water partition coefficient (Wildman–Crippen LogP) is 13.0. The molecule has 7 unspecified atom stereocenters. The minimum Gasteiger partial charge on any atom is -0.0998 e. The molecular formula is C40H80. The average molecular weight is 561 g/mol. The Balaban J connectivity index is 8.31. The van der Waals surface area contributed by atoms with Gasteiger partial charge in [-0.05, 0) is 113 Å². The second kappa shape index (κ2) is 17.1. The molecule has 0 aliphatic rings. The van der Waals surface area contributed by atoms with Gasteiger partial charge in [0.25, 0.3) is 0 Å². The van der Waals surface area contributed by atoms with E-state index in [-0.39, 0.29) is 0 Å². The fraction of sp³-hybridized carbons (Fsp3) is 0.950. The lowest BCUT2D eigenvalue weighted by atomic mass is 9.48. The molecule has 0 heteroatoms. The number of hydrogen-bond acceptors (Lipinski definition) is 0. The van der Waals surface area contributed by atoms with Crippen molar-refractivity contribution in [1.29, 1.82) is 0 Å². The zero-order valence-electron chi connectivity index (χ0n) is 31.6. The highest BCUT2D eigenvalue weighted by molar-refractivity contribution is 5.07. The highest BCUT2D eigenvalue weighted by Crippen LogP contribution is 2.57. The van der Waals surface area contributed by atoms with E-state index in [1.165, 1.54) is 5.57 Å². The lowest BCUT2D eigenvalue weighted by molar-refractivity contribution is -0.0864. The molecule has 0 bridgehead atoms. The van der Waals surface area contributed by atoms with Crippen LogP contribution in [0.15, 0.2) is 12.2 Å². The summed E-state index contributed by atoms with van der Waals surface area (Å²) in [6.07, 6.45) is 0. The molecule has 40 heavy (non-hydrogen) atoms. The van der Waals surface area contributed by atoms with Crippen molar-refractivity contribution in [3.8, 4) is 0 Å². The second-order valence-electron chi connectivity index (χ2n) is 17.4. The molecule has 0 heterocycles. The fourth-order valence-corrected chi connectivity index (χ4v) is 9.59. The van der Waals surface area contributed by atoms with Gasteiger partial charge in [-0.3, -0.25) is 0 Å². The van der Waals surface area contributed by atoms with Crippen molar-refractivity contribution in [3.05, 3.63) is 12.2 Å². The topological polar surface area (TPSA) is 0 Å². The van der Waals surface area contributed by atoms with Gasteiger partial charge in [0.15, 0.2) is 0 Å². The second-order valence-corrected chi connectivity index (χ2v) is 17.4. The van der Waals surface area contributed by atoms with E-state index in [9.17, 15) is 0 Å². The molecule has 0 aliphatic carbocycles. The zero-order chi connectivity index (χ0) is 32.0. The van der Waals surface area contributed by atoms with Crippen molar-refractivity contribution in [3.63, 3.8) is 0 Å². The summed E-state index contributed by atoms with van der Waals surface area (Å²) in [5.41, 5.74) is 1.42. The van der Waals surface area contributed by atoms with E-state index in [2.05, 4.69) is 138 Å². The van der Waals surface area contributed by atoms with Gasteiger partial charge in [0.1, 0.15) is 0 Å². The third-order valence-corrected chi connectivity index (χ3v) is 12.0. The van der Waals surface area contributed by atoms with Crippen LogP contribution in [0.3, 0.4) is 0 Å². The highest BCUT2D eigenvalue weighted by atomic mass is 14.6. The maximum atomic E-state index is 4.73. The normalized spacial score (nSPS) is 19.6. The van der Waals surface area contributed by atoms with E-state index in [1.807, 2.05) is 0 Å². The van der Waals surface area contributed by atoms with Crippen LogP contribution in [0.25, 0.3) is 0 Å². The van der Waals surface area contributed by atoms with E-state index in [0.717, 1.165) is 0 Å². The third kappa shape index (κ3) is 9.90. The minimum absolute atomic E-state index is 0.547. The Labute approximate surface area is 256 Å². The van der Waals surface area contributed by atoms with Gasteiger partial charge < -0.3 is 0 Å². The lowest BCUT2D eigenvalue weighted by Gasteiger charge is -2.57. The first-order valence-electron chi connectivity index (χ1n) is 17.8. The summed E-state index contributed by atoms with van der Waals surface area (Å²) in [5, 5.41) is 0. The number of rotatable bonds is 18. The van der Waals surface area contributed by atoms with Gasteiger partial charge in [-0.25, -0.2) is 0 Å². The molecule has 0 saturated carbocycles. The summed E-state index contributed by atoms with van der Waals surface area (Å²) in [5.74, 6) is 12.0. The van der Waals surface area contributed by atoms with Crippen molar-refractivity contribution >= 4 is 0 Å². The van der Waals surface area contributed by atoms with Crippen molar-refractivity contribution in [2.45, 2.75) is 138 Å². The average Bonchev–Trinajstić information content (AvgIpc) is 2.78. The summed E-state index contributed by atoms with van der Waals surface area (Å²) < 4.78 is 0. The van der Waals surface area contributed by atoms with Crippen LogP contribution in [0.2, 0.25) is 0 Å². The molecule has 7 atom stereocenters. The van der Waals surface area contributed by atoms with Crippen LogP contribution >= 0.6 is 0 Å². The number of hydrogen-bond donors (Lipinski definition) is 0. The molecule has 0 aliphatic heterocycles. The molecule has 0 radical (unpaired) electrons. The van der Waals surface area contributed by atoms with Crippen LogP contribution in [0.4, 0.5) is 0 Å². The lowest BCUT2D eigenvalue weighted by Crippen LogP contribution is -2.52. The fourth-order valence-electron chi connectivity index (χ4n) is 9.59. The molecule has 0 aromatic heterocycles. The summed E-state index contributed by atoms with van der Waals surface area (Å²) in [6.45, 7) is 55.2. The molecule has 0 rings (SSSR count). The van der Waals surface area contributed by atoms with Crippen LogP contribution in [0, 0.1) is 107 Å². The molecule has 0 amide bonds. The first-order valence-corrected chi connectivity index (χ1v) is 17.8. The molecule has 0 aromatic carbocycles. The van der Waals surface area contributed by atoms with Crippen molar-refractivity contribution < 1.29 is 0 Å². The third-order valence-electron chi connectivity index (χ3n) is 12.0. The molecule has 0 spiro atoms. The Bertz CT molecular complexity index is 635. The molecule has 0 aromatic rings. The predicted molar refractivity (Wildman–Crippen MR) is 185 cm³/mol. The maximum Gasteiger partial charge on any atom is -0.0152 e. The summed E-state index contributed by atoms with van der Waals surface area (Å²) >= 11 is 0. The van der Waals surface area contributed by atoms with Gasteiger partial charge in [0, 0.05) is 0 Å². The largest absolute Gasteiger partial charge is 0.0998 e. The van der Waals surface area contributed by atoms with Crippen LogP contribution in [-0.4, -0.2) is 0 Å². The monoisotopic (exact) mass is 561 g/mol. The van der Waals surface area contributed by atoms with Gasteiger partial charge in [0.05, 0.1) is 0 Å². The molecule has 0 saturated heterocycles. The standard InChI is InChI=1S/C40H80/c1-22(2)31(19)37(34(25(7)8)26(9)10)40(38(32(20)23(3)4)35(27(11)12)28(13)14)39(33(21)24(5)6)36(29(15)16)30(17)18/h22-24,26-40H,7H2,1-6,8-21H3. The minimum atomic E-state index is 0.547. The Hall–Kier alpha value is -0.260. The van der Waals surface area contributed by atoms with Gasteiger partial charge in [-0.15, -0.1) is 0 Å². The van der Waals surface area contributed by atoms with Crippen LogP contribution in [0.5, 0.6) is 0 Å². The zero-order valence-corrected chi connectivity index (χ0v) is 31.6. The van der Waals surface area contributed by atoms with Gasteiger partial charge in [0.2, 0.25) is 0 Å². The Morgan fingerprint density at radius 1 is 0.300 bits per heavy atom. The first-order chi connectivity index (χ1) is 18.1. The van der Waals surface area contributed by atoms with Gasteiger partial charge >= 0.3 is 0 Å². The molecular weight excluding hydrogens is 480 g/mol. The van der Waals surface area contributed by atoms with E-state index in [0.29, 0.717) is 107 Å². The summed E-state index contributed by atoms with van der Waals surface area (Å²) in [7, 11) is 0. The summed E-state index contributed by atoms with van der Waals surface area (Å²) in [4.78, 5) is 0. The molecule has 0 N–H and O–H groups in total. The SMILES string of the molecule is C=C(C)C(C(C)C)C(C(C)C(C)C)C(C(C(C)C(C)C)C(C(C)C)C(C)C)C(C(C)C(C)C)C(C(C)C)C(C)C. The maximum absolute atomic E-state index is 4.73. The van der Waals surface area contributed by atoms with E-state index in [4.69, 9.17) is 6.58 Å². The highest BCUT2D eigenvalue weighted by Gasteiger charge is 2.52. The van der Waals surface area contributed by atoms with Crippen molar-refractivity contribution in [1.82, 2.24) is 0 Å². The van der Waals surface area contributed by atoms with Crippen molar-refractivity contribution in [2.24, 2.45) is 107 Å². The number of allylic oxidation sites excluding steroid dienone is 1. The smallest absolute Gasteiger partial charge is 0.0152 e. The van der Waals surface area contributed by atoms with Gasteiger partial charge in [-0.2, -0.15) is 0 Å². The van der Waals surface area contributed by atoms with Crippen molar-refractivity contribution in [2.75, 3.05) is 0 Å². The van der Waals surface area contributed by atoms with Gasteiger partial charge in [-0.1, -0.05) is 144 Å². The molecule has 0 fully saturated rings. The quantitative estimate of drug-likeness (QED) is 0.146. The van der Waals surface area contributed by atoms with E-state index in [1.54, 1.807) is 0 Å². The molecule has 0 nitrogen and oxygen atoms in total. The van der Waals surface area contributed by atoms with Crippen LogP contribution < -0.4 is 0 Å². The Kier molecular flexibility index (Phi) is 17.0. The molecule has 240 valence electrons. The first kappa shape index (κ1) is 39.7. The van der Waals surface area contributed by atoms with E-state index >= 15 is 0 Å². The van der Waals surface area contributed by atoms with E-state index < -0.39 is 0 Å². The Morgan fingerprint density at radius 3 is 0.725 bits per heavy atom. The van der Waals surface area contributed by atoms with Crippen LogP contribution in [-0.2, 0) is 0 Å².